The van der Waals surface area contributed by atoms with Gasteiger partial charge in [-0.25, -0.2) is 4.79 Å². The molecule has 0 aliphatic heterocycles. The molecule has 4 nitrogen and oxygen atoms in total. The highest BCUT2D eigenvalue weighted by molar-refractivity contribution is 6.33. The van der Waals surface area contributed by atoms with Crippen molar-refractivity contribution < 1.29 is 14.6 Å². The van der Waals surface area contributed by atoms with Crippen molar-refractivity contribution in [2.45, 2.75) is 20.4 Å². The van der Waals surface area contributed by atoms with Gasteiger partial charge < -0.3 is 14.4 Å². The normalized spacial score (nSPS) is 11.7. The molecule has 112 valence electrons. The molecule has 0 bridgehead atoms. The number of hydrogen-bond acceptors (Lipinski definition) is 2. The number of rotatable bonds is 5. The molecule has 0 aliphatic carbocycles. The van der Waals surface area contributed by atoms with Crippen LogP contribution in [0.4, 0.5) is 0 Å². The maximum atomic E-state index is 10.8. The summed E-state index contributed by atoms with van der Waals surface area (Å²) in [6.45, 7) is 4.99. The molecule has 0 radical (unpaired) electrons. The molecule has 5 heteroatoms. The zero-order valence-electron chi connectivity index (χ0n) is 12.3. The number of hydrogen-bond donors (Lipinski definition) is 1. The summed E-state index contributed by atoms with van der Waals surface area (Å²) in [5.41, 5.74) is 1.67. The Kier molecular flexibility index (Phi) is 4.58. The maximum absolute atomic E-state index is 10.8. The van der Waals surface area contributed by atoms with Gasteiger partial charge in [0.25, 0.3) is 0 Å². The van der Waals surface area contributed by atoms with E-state index in [-0.39, 0.29) is 0 Å². The van der Waals surface area contributed by atoms with Crippen LogP contribution < -0.4 is 4.74 Å². The van der Waals surface area contributed by atoms with Gasteiger partial charge in [0, 0.05) is 23.6 Å². The summed E-state index contributed by atoms with van der Waals surface area (Å²) in [6, 6.07) is 5.69. The number of aliphatic carboxylic acids is 1. The van der Waals surface area contributed by atoms with Gasteiger partial charge in [0.05, 0.1) is 12.6 Å². The number of benzene rings is 1. The fourth-order valence-electron chi connectivity index (χ4n) is 2.31. The van der Waals surface area contributed by atoms with E-state index in [4.69, 9.17) is 21.4 Å². The molecule has 1 aromatic heterocycles. The predicted octanol–water partition coefficient (Wildman–Crippen LogP) is 4.06. The van der Waals surface area contributed by atoms with E-state index in [1.165, 1.54) is 6.08 Å². The Morgan fingerprint density at radius 1 is 1.48 bits per heavy atom. The molecule has 0 atom stereocenters. The van der Waals surface area contributed by atoms with Crippen LogP contribution in [0.5, 0.6) is 5.75 Å². The number of methoxy groups -OCH3 is 1. The smallest absolute Gasteiger partial charge is 0.328 e. The molecule has 2 rings (SSSR count). The summed E-state index contributed by atoms with van der Waals surface area (Å²) < 4.78 is 7.24. The first kappa shape index (κ1) is 15.4. The number of carbonyl (C=O) groups is 1. The second-order valence-corrected chi connectivity index (χ2v) is 5.62. The fourth-order valence-corrected chi connectivity index (χ4v) is 2.64. The van der Waals surface area contributed by atoms with Crippen LogP contribution in [0, 0.1) is 5.92 Å². The topological polar surface area (TPSA) is 51.5 Å². The van der Waals surface area contributed by atoms with Gasteiger partial charge >= 0.3 is 5.97 Å². The molecule has 0 spiro atoms. The SMILES string of the molecule is COc1ccc2c(c1)c(/C=C/C(=O)O)c(Cl)n2CC(C)C. The van der Waals surface area contributed by atoms with Crippen molar-refractivity contribution in [1.82, 2.24) is 4.57 Å². The molecular weight excluding hydrogens is 290 g/mol. The lowest BCUT2D eigenvalue weighted by Gasteiger charge is -2.10. The van der Waals surface area contributed by atoms with Gasteiger partial charge in [0.2, 0.25) is 0 Å². The summed E-state index contributed by atoms with van der Waals surface area (Å²) in [5, 5.41) is 10.3. The highest BCUT2D eigenvalue weighted by Crippen LogP contribution is 2.34. The minimum absolute atomic E-state index is 0.427. The second kappa shape index (κ2) is 6.22. The third-order valence-electron chi connectivity index (χ3n) is 3.18. The van der Waals surface area contributed by atoms with E-state index in [9.17, 15) is 4.79 Å². The van der Waals surface area contributed by atoms with Gasteiger partial charge in [-0.1, -0.05) is 25.4 Å². The lowest BCUT2D eigenvalue weighted by molar-refractivity contribution is -0.131. The fraction of sp³-hybridized carbons (Fsp3) is 0.312. The first-order valence-electron chi connectivity index (χ1n) is 6.70. The van der Waals surface area contributed by atoms with Crippen molar-refractivity contribution in [3.05, 3.63) is 35.0 Å². The van der Waals surface area contributed by atoms with Crippen molar-refractivity contribution in [3.63, 3.8) is 0 Å². The Bertz CT molecular complexity index is 701. The molecular formula is C16H18ClNO3. The quantitative estimate of drug-likeness (QED) is 0.848. The molecule has 1 heterocycles. The van der Waals surface area contributed by atoms with E-state index < -0.39 is 5.97 Å². The summed E-state index contributed by atoms with van der Waals surface area (Å²) in [7, 11) is 1.60. The van der Waals surface area contributed by atoms with Crippen molar-refractivity contribution in [3.8, 4) is 5.75 Å². The van der Waals surface area contributed by atoms with Crippen LogP contribution in [-0.4, -0.2) is 22.8 Å². The van der Waals surface area contributed by atoms with Crippen LogP contribution in [0.15, 0.2) is 24.3 Å². The second-order valence-electron chi connectivity index (χ2n) is 5.26. The average Bonchev–Trinajstić information content (AvgIpc) is 2.68. The molecule has 1 aromatic carbocycles. The Morgan fingerprint density at radius 3 is 2.76 bits per heavy atom. The van der Waals surface area contributed by atoms with Crippen molar-refractivity contribution in [2.24, 2.45) is 5.92 Å². The van der Waals surface area contributed by atoms with Crippen molar-refractivity contribution in [1.29, 1.82) is 0 Å². The molecule has 0 amide bonds. The van der Waals surface area contributed by atoms with Crippen LogP contribution in [0.2, 0.25) is 5.15 Å². The van der Waals surface area contributed by atoms with Gasteiger partial charge in [-0.2, -0.15) is 0 Å². The molecule has 0 saturated heterocycles. The number of halogens is 1. The summed E-state index contributed by atoms with van der Waals surface area (Å²) in [4.78, 5) is 10.8. The Morgan fingerprint density at radius 2 is 2.19 bits per heavy atom. The van der Waals surface area contributed by atoms with E-state index in [0.717, 1.165) is 23.5 Å². The van der Waals surface area contributed by atoms with Gasteiger partial charge in [0.15, 0.2) is 0 Å². The molecule has 2 aromatic rings. The van der Waals surface area contributed by atoms with E-state index in [2.05, 4.69) is 13.8 Å². The Balaban J connectivity index is 2.68. The highest BCUT2D eigenvalue weighted by atomic mass is 35.5. The number of nitrogens with zero attached hydrogens (tertiary/aromatic N) is 1. The summed E-state index contributed by atoms with van der Waals surface area (Å²) in [6.07, 6.45) is 2.63. The minimum atomic E-state index is -1.00. The van der Waals surface area contributed by atoms with Gasteiger partial charge in [-0.15, -0.1) is 0 Å². The average molecular weight is 308 g/mol. The number of carboxylic acid groups (broad SMARTS) is 1. The standard InChI is InChI=1S/C16H18ClNO3/c1-10(2)9-18-14-6-4-11(21-3)8-13(14)12(16(18)17)5-7-15(19)20/h4-8,10H,9H2,1-3H3,(H,19,20)/b7-5+. The molecule has 0 unspecified atom stereocenters. The van der Waals surface area contributed by atoms with Crippen LogP contribution in [0.1, 0.15) is 19.4 Å². The lowest BCUT2D eigenvalue weighted by atomic mass is 10.1. The zero-order chi connectivity index (χ0) is 15.6. The highest BCUT2D eigenvalue weighted by Gasteiger charge is 2.15. The van der Waals surface area contributed by atoms with Crippen LogP contribution in [0.3, 0.4) is 0 Å². The maximum Gasteiger partial charge on any atom is 0.328 e. The van der Waals surface area contributed by atoms with E-state index in [1.54, 1.807) is 7.11 Å². The molecule has 21 heavy (non-hydrogen) atoms. The number of aromatic nitrogens is 1. The molecule has 0 saturated carbocycles. The van der Waals surface area contributed by atoms with Crippen LogP contribution in [0.25, 0.3) is 17.0 Å². The molecule has 1 N–H and O–H groups in total. The van der Waals surface area contributed by atoms with E-state index in [1.807, 2.05) is 22.8 Å². The number of ether oxygens (including phenoxy) is 1. The predicted molar refractivity (Wildman–Crippen MR) is 85.0 cm³/mol. The van der Waals surface area contributed by atoms with Gasteiger partial charge in [0.1, 0.15) is 10.9 Å². The first-order chi connectivity index (χ1) is 9.93. The zero-order valence-corrected chi connectivity index (χ0v) is 13.0. The summed E-state index contributed by atoms with van der Waals surface area (Å²) in [5.74, 6) is 0.140. The largest absolute Gasteiger partial charge is 0.497 e. The van der Waals surface area contributed by atoms with Gasteiger partial charge in [-0.3, -0.25) is 0 Å². The van der Waals surface area contributed by atoms with E-state index >= 15 is 0 Å². The van der Waals surface area contributed by atoms with Gasteiger partial charge in [-0.05, 0) is 30.2 Å². The Hall–Kier alpha value is -1.94. The Labute approximate surface area is 128 Å². The van der Waals surface area contributed by atoms with Crippen molar-refractivity contribution in [2.75, 3.05) is 7.11 Å². The number of carboxylic acids is 1. The number of fused-ring (bicyclic) bond motifs is 1. The lowest BCUT2D eigenvalue weighted by Crippen LogP contribution is -2.04. The van der Waals surface area contributed by atoms with Crippen molar-refractivity contribution >= 4 is 34.5 Å². The summed E-state index contributed by atoms with van der Waals surface area (Å²) >= 11 is 6.45. The third-order valence-corrected chi connectivity index (χ3v) is 3.59. The monoisotopic (exact) mass is 307 g/mol. The first-order valence-corrected chi connectivity index (χ1v) is 7.08. The third kappa shape index (κ3) is 3.22. The minimum Gasteiger partial charge on any atom is -0.497 e. The van der Waals surface area contributed by atoms with Crippen LogP contribution in [-0.2, 0) is 11.3 Å². The van der Waals surface area contributed by atoms with E-state index in [0.29, 0.717) is 22.4 Å². The molecule has 0 fully saturated rings. The molecule has 0 aliphatic rings. The van der Waals surface area contributed by atoms with Crippen LogP contribution >= 0.6 is 11.6 Å².